The summed E-state index contributed by atoms with van der Waals surface area (Å²) in [5.74, 6) is 1.57. The topological polar surface area (TPSA) is 76.4 Å². The Morgan fingerprint density at radius 2 is 1.87 bits per heavy atom. The van der Waals surface area contributed by atoms with Gasteiger partial charge in [0, 0.05) is 6.54 Å². The van der Waals surface area contributed by atoms with Crippen molar-refractivity contribution >= 4 is 6.03 Å². The zero-order valence-electron chi connectivity index (χ0n) is 13.3. The molecule has 0 saturated carbocycles. The van der Waals surface area contributed by atoms with Gasteiger partial charge in [0.25, 0.3) is 0 Å². The number of aryl methyl sites for hydroxylation is 1. The second-order valence-corrected chi connectivity index (χ2v) is 5.34. The first kappa shape index (κ1) is 16.8. The molecule has 0 fully saturated rings. The average molecular weight is 313 g/mol. The van der Waals surface area contributed by atoms with Gasteiger partial charge in [0.2, 0.25) is 0 Å². The van der Waals surface area contributed by atoms with Crippen LogP contribution in [0.1, 0.15) is 30.9 Å². The molecule has 23 heavy (non-hydrogen) atoms. The maximum atomic E-state index is 10.6. The van der Waals surface area contributed by atoms with E-state index in [4.69, 9.17) is 10.5 Å². The van der Waals surface area contributed by atoms with Crippen molar-refractivity contribution in [1.29, 1.82) is 0 Å². The Labute approximate surface area is 136 Å². The molecule has 0 heterocycles. The van der Waals surface area contributed by atoms with Gasteiger partial charge >= 0.3 is 6.03 Å². The van der Waals surface area contributed by atoms with Crippen LogP contribution < -0.4 is 21.3 Å². The monoisotopic (exact) mass is 313 g/mol. The van der Waals surface area contributed by atoms with Crippen molar-refractivity contribution in [2.75, 3.05) is 0 Å². The van der Waals surface area contributed by atoms with E-state index in [-0.39, 0.29) is 0 Å². The van der Waals surface area contributed by atoms with Gasteiger partial charge in [-0.2, -0.15) is 0 Å². The predicted octanol–water partition coefficient (Wildman–Crippen LogP) is 3.49. The van der Waals surface area contributed by atoms with Crippen LogP contribution in [0.3, 0.4) is 0 Å². The summed E-state index contributed by atoms with van der Waals surface area (Å²) in [5.41, 5.74) is 12.4. The van der Waals surface area contributed by atoms with E-state index in [0.29, 0.717) is 6.54 Å². The lowest BCUT2D eigenvalue weighted by atomic mass is 10.1. The van der Waals surface area contributed by atoms with E-state index >= 15 is 0 Å². The van der Waals surface area contributed by atoms with Gasteiger partial charge in [-0.25, -0.2) is 10.2 Å². The molecule has 0 spiro atoms. The van der Waals surface area contributed by atoms with Crippen molar-refractivity contribution in [3.63, 3.8) is 0 Å². The standard InChI is InChI=1S/C18H23N3O2/c1-2-3-5-14-8-10-16(11-9-14)23-17-7-4-6-15(12-17)13-20-21-18(19)22/h4,6-12,20H,2-3,5,13H2,1H3,(H3,19,21,22). The zero-order chi connectivity index (χ0) is 16.5. The summed E-state index contributed by atoms with van der Waals surface area (Å²) in [4.78, 5) is 10.6. The Morgan fingerprint density at radius 3 is 2.57 bits per heavy atom. The Bertz CT molecular complexity index is 626. The van der Waals surface area contributed by atoms with Crippen LogP contribution in [0.2, 0.25) is 0 Å². The molecule has 5 heteroatoms. The molecular weight excluding hydrogens is 290 g/mol. The van der Waals surface area contributed by atoms with Gasteiger partial charge in [-0.05, 0) is 48.2 Å². The number of hydrazine groups is 1. The number of carbonyl (C=O) groups is 1. The highest BCUT2D eigenvalue weighted by Gasteiger charge is 2.01. The number of primary amides is 1. The van der Waals surface area contributed by atoms with E-state index in [1.807, 2.05) is 36.4 Å². The van der Waals surface area contributed by atoms with Gasteiger partial charge in [0.05, 0.1) is 0 Å². The molecule has 2 amide bonds. The molecule has 5 nitrogen and oxygen atoms in total. The highest BCUT2D eigenvalue weighted by molar-refractivity contribution is 5.70. The number of amides is 2. The normalized spacial score (nSPS) is 10.3. The summed E-state index contributed by atoms with van der Waals surface area (Å²) in [6.45, 7) is 2.66. The molecular formula is C18H23N3O2. The summed E-state index contributed by atoms with van der Waals surface area (Å²) in [7, 11) is 0. The molecule has 4 N–H and O–H groups in total. The second-order valence-electron chi connectivity index (χ2n) is 5.34. The van der Waals surface area contributed by atoms with Crippen LogP contribution in [0.15, 0.2) is 48.5 Å². The lowest BCUT2D eigenvalue weighted by molar-refractivity contribution is 0.244. The SMILES string of the molecule is CCCCc1ccc(Oc2cccc(CNNC(N)=O)c2)cc1. The van der Waals surface area contributed by atoms with Crippen LogP contribution in [0.25, 0.3) is 0 Å². The number of nitrogens with one attached hydrogen (secondary N) is 2. The highest BCUT2D eigenvalue weighted by atomic mass is 16.5. The lowest BCUT2D eigenvalue weighted by Crippen LogP contribution is -2.40. The number of benzene rings is 2. The number of hydrogen-bond acceptors (Lipinski definition) is 3. The van der Waals surface area contributed by atoms with Crippen LogP contribution in [0, 0.1) is 0 Å². The van der Waals surface area contributed by atoms with Crippen LogP contribution in [0.4, 0.5) is 4.79 Å². The maximum Gasteiger partial charge on any atom is 0.326 e. The second kappa shape index (κ2) is 8.80. The van der Waals surface area contributed by atoms with Gasteiger partial charge in [0.15, 0.2) is 0 Å². The van der Waals surface area contributed by atoms with E-state index in [9.17, 15) is 4.79 Å². The molecule has 0 bridgehead atoms. The molecule has 0 aliphatic heterocycles. The van der Waals surface area contributed by atoms with E-state index in [0.717, 1.165) is 23.5 Å². The van der Waals surface area contributed by atoms with Gasteiger partial charge in [0.1, 0.15) is 11.5 Å². The Morgan fingerprint density at radius 1 is 1.09 bits per heavy atom. The molecule has 0 atom stereocenters. The average Bonchev–Trinajstić information content (AvgIpc) is 2.54. The fourth-order valence-corrected chi connectivity index (χ4v) is 2.19. The summed E-state index contributed by atoms with van der Waals surface area (Å²) >= 11 is 0. The molecule has 0 aliphatic carbocycles. The van der Waals surface area contributed by atoms with Crippen molar-refractivity contribution in [2.24, 2.45) is 5.73 Å². The largest absolute Gasteiger partial charge is 0.457 e. The zero-order valence-corrected chi connectivity index (χ0v) is 13.3. The van der Waals surface area contributed by atoms with Crippen molar-refractivity contribution in [2.45, 2.75) is 32.7 Å². The summed E-state index contributed by atoms with van der Waals surface area (Å²) in [6.07, 6.45) is 3.50. The summed E-state index contributed by atoms with van der Waals surface area (Å²) < 4.78 is 5.87. The van der Waals surface area contributed by atoms with E-state index in [1.54, 1.807) is 0 Å². The molecule has 2 aromatic carbocycles. The third-order valence-corrected chi connectivity index (χ3v) is 3.38. The van der Waals surface area contributed by atoms with Gasteiger partial charge < -0.3 is 10.5 Å². The number of nitrogens with two attached hydrogens (primary N) is 1. The number of ether oxygens (including phenoxy) is 1. The minimum Gasteiger partial charge on any atom is -0.457 e. The number of carbonyl (C=O) groups excluding carboxylic acids is 1. The number of hydrogen-bond donors (Lipinski definition) is 3. The van der Waals surface area contributed by atoms with Crippen LogP contribution in [-0.4, -0.2) is 6.03 Å². The predicted molar refractivity (Wildman–Crippen MR) is 91.1 cm³/mol. The van der Waals surface area contributed by atoms with Crippen molar-refractivity contribution in [3.05, 3.63) is 59.7 Å². The molecule has 0 aromatic heterocycles. The fraction of sp³-hybridized carbons (Fsp3) is 0.278. The first-order chi connectivity index (χ1) is 11.2. The van der Waals surface area contributed by atoms with Crippen molar-refractivity contribution < 1.29 is 9.53 Å². The molecule has 0 radical (unpaired) electrons. The highest BCUT2D eigenvalue weighted by Crippen LogP contribution is 2.23. The van der Waals surface area contributed by atoms with E-state index < -0.39 is 6.03 Å². The van der Waals surface area contributed by atoms with Crippen LogP contribution in [0.5, 0.6) is 11.5 Å². The molecule has 2 rings (SSSR count). The lowest BCUT2D eigenvalue weighted by Gasteiger charge is -2.09. The molecule has 0 saturated heterocycles. The fourth-order valence-electron chi connectivity index (χ4n) is 2.19. The molecule has 0 aliphatic rings. The summed E-state index contributed by atoms with van der Waals surface area (Å²) in [6, 6.07) is 15.2. The first-order valence-corrected chi connectivity index (χ1v) is 7.81. The molecule has 122 valence electrons. The first-order valence-electron chi connectivity index (χ1n) is 7.81. The number of unbranched alkanes of at least 4 members (excludes halogenated alkanes) is 1. The van der Waals surface area contributed by atoms with E-state index in [2.05, 4.69) is 29.9 Å². The van der Waals surface area contributed by atoms with Gasteiger partial charge in [-0.3, -0.25) is 5.43 Å². The molecule has 0 unspecified atom stereocenters. The van der Waals surface area contributed by atoms with Gasteiger partial charge in [-0.1, -0.05) is 37.6 Å². The van der Waals surface area contributed by atoms with Gasteiger partial charge in [-0.15, -0.1) is 0 Å². The van der Waals surface area contributed by atoms with Crippen LogP contribution in [-0.2, 0) is 13.0 Å². The minimum atomic E-state index is -0.611. The number of urea groups is 1. The third kappa shape index (κ3) is 6.00. The molecule has 2 aromatic rings. The van der Waals surface area contributed by atoms with E-state index in [1.165, 1.54) is 18.4 Å². The quantitative estimate of drug-likeness (QED) is 0.653. The maximum absolute atomic E-state index is 10.6. The van der Waals surface area contributed by atoms with Crippen molar-refractivity contribution in [3.8, 4) is 11.5 Å². The Kier molecular flexibility index (Phi) is 6.44. The smallest absolute Gasteiger partial charge is 0.326 e. The van der Waals surface area contributed by atoms with Crippen molar-refractivity contribution in [1.82, 2.24) is 10.9 Å². The minimum absolute atomic E-state index is 0.468. The summed E-state index contributed by atoms with van der Waals surface area (Å²) in [5, 5.41) is 0. The number of rotatable bonds is 8. The Hall–Kier alpha value is -2.53. The van der Waals surface area contributed by atoms with Crippen LogP contribution >= 0.6 is 0 Å². The third-order valence-electron chi connectivity index (χ3n) is 3.38. The Balaban J connectivity index is 1.93.